The first kappa shape index (κ1) is 56.2. The number of hydrogen-bond donors (Lipinski definition) is 3. The molecule has 8 rings (SSSR count). The van der Waals surface area contributed by atoms with Crippen molar-refractivity contribution in [3.8, 4) is 5.75 Å². The molecular weight excluding hydrogens is 953 g/mol. The van der Waals surface area contributed by atoms with Gasteiger partial charge in [0.2, 0.25) is 11.6 Å². The summed E-state index contributed by atoms with van der Waals surface area (Å²) in [4.78, 5) is 14.3. The molecule has 0 fully saturated rings. The van der Waals surface area contributed by atoms with E-state index in [4.69, 9.17) is 4.74 Å². The van der Waals surface area contributed by atoms with Crippen LogP contribution in [0.2, 0.25) is 0 Å². The molecule has 3 N–H and O–H groups in total. The monoisotopic (exact) mass is 1020 g/mol. The minimum absolute atomic E-state index is 0. The second-order valence-electron chi connectivity index (χ2n) is 19.4. The van der Waals surface area contributed by atoms with Gasteiger partial charge in [-0.05, 0) is 133 Å². The van der Waals surface area contributed by atoms with E-state index >= 15 is 0 Å². The van der Waals surface area contributed by atoms with Gasteiger partial charge in [-0.3, -0.25) is 13.9 Å². The quantitative estimate of drug-likeness (QED) is 0.0358. The fourth-order valence-corrected chi connectivity index (χ4v) is 11.4. The third-order valence-electron chi connectivity index (χ3n) is 13.7. The van der Waals surface area contributed by atoms with Crippen LogP contribution in [0.15, 0.2) is 156 Å². The van der Waals surface area contributed by atoms with Crippen LogP contribution in [0.5, 0.6) is 5.75 Å². The van der Waals surface area contributed by atoms with Gasteiger partial charge in [0.25, 0.3) is 20.2 Å². The molecule has 15 heteroatoms. The minimum atomic E-state index is -4.17. The van der Waals surface area contributed by atoms with Crippen molar-refractivity contribution >= 4 is 124 Å². The average Bonchev–Trinajstić information content (AvgIpc) is 3.65. The van der Waals surface area contributed by atoms with Crippen molar-refractivity contribution in [2.45, 2.75) is 84.0 Å². The van der Waals surface area contributed by atoms with Crippen molar-refractivity contribution in [3.63, 3.8) is 0 Å². The number of ether oxygens (including phenoxy) is 1. The van der Waals surface area contributed by atoms with Gasteiger partial charge in [0, 0.05) is 59.6 Å². The molecule has 5 aromatic rings. The molecule has 0 saturated carbocycles. The molecule has 364 valence electrons. The molecule has 3 aliphatic rings. The van der Waals surface area contributed by atoms with Crippen LogP contribution < -0.4 is 15.0 Å². The topological polar surface area (TPSA) is 153 Å². The Labute approximate surface area is 463 Å². The summed E-state index contributed by atoms with van der Waals surface area (Å²) >= 11 is 0. The number of carbonyl (C=O) groups is 1. The number of carbonyl (C=O) groups excluding carboxylic acids is 1. The third-order valence-corrected chi connectivity index (χ3v) is 15.3. The van der Waals surface area contributed by atoms with Crippen molar-refractivity contribution in [1.82, 2.24) is 5.32 Å². The maximum atomic E-state index is 12.1. The van der Waals surface area contributed by atoms with Crippen molar-refractivity contribution in [2.75, 3.05) is 36.0 Å². The van der Waals surface area contributed by atoms with Gasteiger partial charge in [0.1, 0.15) is 18.1 Å². The van der Waals surface area contributed by atoms with Gasteiger partial charge in [-0.2, -0.15) is 21.4 Å². The van der Waals surface area contributed by atoms with Crippen LogP contribution in [0.25, 0.3) is 21.5 Å². The number of benzene rings is 5. The Bertz CT molecular complexity index is 3260. The number of fused-ring (bicyclic) bond motifs is 6. The molecule has 2 aliphatic heterocycles. The van der Waals surface area contributed by atoms with E-state index in [0.717, 1.165) is 97.2 Å². The Morgan fingerprint density at radius 2 is 1.39 bits per heavy atom. The van der Waals surface area contributed by atoms with Crippen molar-refractivity contribution in [1.29, 1.82) is 0 Å². The van der Waals surface area contributed by atoms with Gasteiger partial charge < -0.3 is 15.0 Å². The van der Waals surface area contributed by atoms with Crippen LogP contribution in [-0.4, -0.2) is 132 Å². The van der Waals surface area contributed by atoms with E-state index in [2.05, 4.69) is 122 Å². The zero-order valence-corrected chi connectivity index (χ0v) is 41.7. The first-order chi connectivity index (χ1) is 32.7. The van der Waals surface area contributed by atoms with E-state index < -0.39 is 31.1 Å². The van der Waals surface area contributed by atoms with Crippen LogP contribution in [0.3, 0.4) is 0 Å². The Balaban J connectivity index is 0.00000413. The van der Waals surface area contributed by atoms with Gasteiger partial charge in [-0.15, -0.1) is 0 Å². The molecule has 0 aromatic heterocycles. The number of allylic oxidation sites excluding steroid dienone is 7. The van der Waals surface area contributed by atoms with Gasteiger partial charge >= 0.3 is 59.1 Å². The number of anilines is 1. The molecule has 0 saturated heterocycles. The van der Waals surface area contributed by atoms with Gasteiger partial charge in [-0.25, -0.2) is 0 Å². The van der Waals surface area contributed by atoms with E-state index in [1.807, 2.05) is 48.5 Å². The Hall–Kier alpha value is -4.12. The summed E-state index contributed by atoms with van der Waals surface area (Å²) in [5.74, 6) is 0.497. The van der Waals surface area contributed by atoms with Crippen molar-refractivity contribution in [2.24, 2.45) is 0 Å². The fraction of sp³-hybridized carbons (Fsp3) is 0.321. The first-order valence-electron chi connectivity index (χ1n) is 23.6. The summed E-state index contributed by atoms with van der Waals surface area (Å²) in [5.41, 5.74) is 8.83. The van der Waals surface area contributed by atoms with Crippen LogP contribution >= 0.6 is 0 Å². The number of rotatable bonds is 17. The van der Waals surface area contributed by atoms with E-state index in [1.54, 1.807) is 6.92 Å². The Morgan fingerprint density at radius 3 is 2.04 bits per heavy atom. The Kier molecular flexibility index (Phi) is 18.2. The van der Waals surface area contributed by atoms with Gasteiger partial charge in [0.05, 0.1) is 16.9 Å². The summed E-state index contributed by atoms with van der Waals surface area (Å²) < 4.78 is 76.2. The molecule has 0 unspecified atom stereocenters. The second kappa shape index (κ2) is 23.0. The number of nitrogens with zero attached hydrogens (tertiary/aromatic N) is 2. The molecule has 71 heavy (non-hydrogen) atoms. The normalized spacial score (nSPS) is 17.4. The van der Waals surface area contributed by atoms with Crippen LogP contribution in [0.4, 0.5) is 11.4 Å². The Morgan fingerprint density at radius 1 is 0.775 bits per heavy atom. The predicted molar refractivity (Wildman–Crippen MR) is 292 cm³/mol. The molecule has 1 aliphatic carbocycles. The first-order valence-corrected chi connectivity index (χ1v) is 26.9. The van der Waals surface area contributed by atoms with E-state index in [0.29, 0.717) is 37.4 Å². The number of nitrogens with one attached hydrogen (secondary N) is 1. The standard InChI is InChI=1S/C56H61N3O8S2.2Na.2H/c1-38(2)54(60)57-33-32-39-20-26-44(27-21-39)67-53-42(24-30-49-55(3,4)51-45-18-9-7-14-40(45)22-28-47(51)58(49)34-12-36-68(61,62)63)16-11-17-43(53)25-31-50-56(5,6)52-46-19-10-8-15-41(46)23-29-48(52)59(50)35-13-37-69(64,65)66;;;;/h7-10,14-15,18-31H,1,11-13,16-17,32-37H2,2-6H3,(H2-,57,60,61,62,63,64,65,66);;;;/p+1. The van der Waals surface area contributed by atoms with Gasteiger partial charge in [0.15, 0.2) is 5.71 Å². The third kappa shape index (κ3) is 12.6. The summed E-state index contributed by atoms with van der Waals surface area (Å²) in [6, 6.07) is 32.9. The zero-order valence-electron chi connectivity index (χ0n) is 40.1. The SMILES string of the molecule is C=C(C)C(=O)NCCc1ccc(OC2=C(/C=C/C3=[N+](CCCS(=O)(=O)O)c4ccc5ccccc5c4C3(C)C)CCC/C2=C\C=C2\N(CCCS(=O)(=O)O)c3ccc4ccccc4c3C2(C)C)cc1.[NaH].[NaH]. The average molecular weight is 1020 g/mol. The molecule has 11 nitrogen and oxygen atoms in total. The van der Waals surface area contributed by atoms with E-state index in [9.17, 15) is 30.7 Å². The van der Waals surface area contributed by atoms with Crippen LogP contribution in [-0.2, 0) is 42.3 Å². The number of hydrogen-bond acceptors (Lipinski definition) is 7. The maximum absolute atomic E-state index is 12.1. The summed E-state index contributed by atoms with van der Waals surface area (Å²) in [7, 11) is -8.33. The van der Waals surface area contributed by atoms with Crippen molar-refractivity contribution in [3.05, 3.63) is 173 Å². The molecule has 0 radical (unpaired) electrons. The van der Waals surface area contributed by atoms with Crippen molar-refractivity contribution < 1.29 is 40.0 Å². The summed E-state index contributed by atoms with van der Waals surface area (Å²) in [6.45, 7) is 15.4. The molecule has 1 amide bonds. The second-order valence-corrected chi connectivity index (χ2v) is 22.5. The van der Waals surface area contributed by atoms with E-state index in [1.165, 1.54) is 0 Å². The molecule has 5 aromatic carbocycles. The fourth-order valence-electron chi connectivity index (χ4n) is 10.4. The summed E-state index contributed by atoms with van der Waals surface area (Å²) in [6.07, 6.45) is 12.0. The van der Waals surface area contributed by atoms with Crippen LogP contribution in [0, 0.1) is 0 Å². The molecule has 0 spiro atoms. The molecular formula is C56H64N3Na2O8S2+. The van der Waals surface area contributed by atoms with Crippen LogP contribution in [0.1, 0.15) is 83.4 Å². The molecule has 2 heterocycles. The van der Waals surface area contributed by atoms with Gasteiger partial charge in [-0.1, -0.05) is 93.2 Å². The zero-order chi connectivity index (χ0) is 49.3. The number of amides is 1. The molecule has 0 bridgehead atoms. The van der Waals surface area contributed by atoms with E-state index in [-0.39, 0.29) is 89.4 Å². The predicted octanol–water partition coefficient (Wildman–Crippen LogP) is 9.54. The molecule has 0 atom stereocenters. The summed E-state index contributed by atoms with van der Waals surface area (Å²) in [5, 5.41) is 7.38.